The van der Waals surface area contributed by atoms with E-state index >= 15 is 0 Å². The number of rotatable bonds is 4. The Balaban J connectivity index is 2.53. The van der Waals surface area contributed by atoms with Crippen molar-refractivity contribution >= 4 is 15.9 Å². The average Bonchev–Trinajstić information content (AvgIpc) is 2.12. The van der Waals surface area contributed by atoms with Gasteiger partial charge >= 0.3 is 0 Å². The molecule has 0 radical (unpaired) electrons. The summed E-state index contributed by atoms with van der Waals surface area (Å²) >= 11 is 3.49. The highest BCUT2D eigenvalue weighted by molar-refractivity contribution is 9.10. The van der Waals surface area contributed by atoms with Gasteiger partial charge in [-0.05, 0) is 49.9 Å². The van der Waals surface area contributed by atoms with E-state index in [9.17, 15) is 0 Å². The Morgan fingerprint density at radius 1 is 1.31 bits per heavy atom. The van der Waals surface area contributed by atoms with Crippen LogP contribution in [0.4, 0.5) is 0 Å². The Morgan fingerprint density at radius 3 is 2.69 bits per heavy atom. The fraction of sp³-hybridized carbons (Fsp3) is 0.455. The molecule has 0 spiro atoms. The van der Waals surface area contributed by atoms with Gasteiger partial charge in [0, 0.05) is 4.47 Å². The van der Waals surface area contributed by atoms with Crippen molar-refractivity contribution in [3.63, 3.8) is 0 Å². The van der Waals surface area contributed by atoms with Gasteiger partial charge in [0.25, 0.3) is 0 Å². The maximum absolute atomic E-state index is 5.44. The summed E-state index contributed by atoms with van der Waals surface area (Å²) in [6, 6.07) is 6.53. The molecular weight excluding hydrogens is 226 g/mol. The van der Waals surface area contributed by atoms with Crippen molar-refractivity contribution in [3.8, 4) is 0 Å². The van der Waals surface area contributed by atoms with Crippen LogP contribution >= 0.6 is 15.9 Å². The smallest absolute Gasteiger partial charge is 0.0204 e. The molecule has 72 valence electrons. The highest BCUT2D eigenvalue weighted by Crippen LogP contribution is 2.18. The highest BCUT2D eigenvalue weighted by atomic mass is 79.9. The van der Waals surface area contributed by atoms with Gasteiger partial charge in [-0.25, -0.2) is 0 Å². The molecule has 0 unspecified atom stereocenters. The van der Waals surface area contributed by atoms with Gasteiger partial charge in [0.15, 0.2) is 0 Å². The van der Waals surface area contributed by atoms with Crippen LogP contribution in [0.25, 0.3) is 0 Å². The van der Waals surface area contributed by atoms with E-state index in [-0.39, 0.29) is 0 Å². The van der Waals surface area contributed by atoms with Crippen LogP contribution in [0.1, 0.15) is 24.0 Å². The van der Waals surface area contributed by atoms with Crippen LogP contribution in [0.15, 0.2) is 22.7 Å². The van der Waals surface area contributed by atoms with Gasteiger partial charge in [-0.3, -0.25) is 0 Å². The second kappa shape index (κ2) is 5.40. The van der Waals surface area contributed by atoms with E-state index in [1.165, 1.54) is 22.0 Å². The fourth-order valence-electron chi connectivity index (χ4n) is 1.34. The lowest BCUT2D eigenvalue weighted by Gasteiger charge is -2.03. The molecule has 0 aliphatic rings. The zero-order valence-corrected chi connectivity index (χ0v) is 9.60. The van der Waals surface area contributed by atoms with Crippen LogP contribution in [0.5, 0.6) is 0 Å². The summed E-state index contributed by atoms with van der Waals surface area (Å²) in [4.78, 5) is 0. The minimum atomic E-state index is 0.801. The molecule has 0 aliphatic heterocycles. The molecule has 1 aromatic rings. The number of halogens is 1. The molecule has 0 saturated carbocycles. The molecule has 0 saturated heterocycles. The predicted octanol–water partition coefficient (Wildman–Crippen LogP) is 3.04. The predicted molar refractivity (Wildman–Crippen MR) is 60.9 cm³/mol. The molecule has 2 heteroatoms. The van der Waals surface area contributed by atoms with E-state index in [0.29, 0.717) is 0 Å². The monoisotopic (exact) mass is 241 g/mol. The number of unbranched alkanes of at least 4 members (excludes halogenated alkanes) is 1. The lowest BCUT2D eigenvalue weighted by molar-refractivity contribution is 0.744. The lowest BCUT2D eigenvalue weighted by atomic mass is 10.1. The number of nitrogens with two attached hydrogens (primary N) is 1. The van der Waals surface area contributed by atoms with Crippen molar-refractivity contribution in [3.05, 3.63) is 33.8 Å². The van der Waals surface area contributed by atoms with Gasteiger partial charge in [0.1, 0.15) is 0 Å². The average molecular weight is 242 g/mol. The number of hydrogen-bond donors (Lipinski definition) is 1. The largest absolute Gasteiger partial charge is 0.330 e. The molecule has 0 heterocycles. The van der Waals surface area contributed by atoms with Gasteiger partial charge in [-0.2, -0.15) is 0 Å². The summed E-state index contributed by atoms with van der Waals surface area (Å²) in [7, 11) is 0. The molecule has 13 heavy (non-hydrogen) atoms. The Labute approximate surface area is 88.5 Å². The quantitative estimate of drug-likeness (QED) is 0.807. The molecule has 1 aromatic carbocycles. The van der Waals surface area contributed by atoms with Gasteiger partial charge in [-0.15, -0.1) is 0 Å². The molecule has 0 aliphatic carbocycles. The van der Waals surface area contributed by atoms with Crippen molar-refractivity contribution in [2.75, 3.05) is 6.54 Å². The standard InChI is InChI=1S/C11H16BrN/c1-9-8-10(4-2-3-7-13)5-6-11(9)12/h5-6,8H,2-4,7,13H2,1H3. The van der Waals surface area contributed by atoms with E-state index in [4.69, 9.17) is 5.73 Å². The number of benzene rings is 1. The van der Waals surface area contributed by atoms with Gasteiger partial charge in [-0.1, -0.05) is 28.1 Å². The normalized spacial score (nSPS) is 10.4. The zero-order chi connectivity index (χ0) is 9.68. The minimum Gasteiger partial charge on any atom is -0.330 e. The zero-order valence-electron chi connectivity index (χ0n) is 8.02. The van der Waals surface area contributed by atoms with E-state index < -0.39 is 0 Å². The topological polar surface area (TPSA) is 26.0 Å². The van der Waals surface area contributed by atoms with Crippen molar-refractivity contribution in [1.29, 1.82) is 0 Å². The summed E-state index contributed by atoms with van der Waals surface area (Å²) in [5, 5.41) is 0. The second-order valence-corrected chi connectivity index (χ2v) is 4.18. The Kier molecular flexibility index (Phi) is 4.46. The first-order valence-electron chi connectivity index (χ1n) is 4.69. The third-order valence-electron chi connectivity index (χ3n) is 2.14. The van der Waals surface area contributed by atoms with Gasteiger partial charge in [0.05, 0.1) is 0 Å². The maximum atomic E-state index is 5.44. The van der Waals surface area contributed by atoms with E-state index in [2.05, 4.69) is 41.1 Å². The Hall–Kier alpha value is -0.340. The van der Waals surface area contributed by atoms with Crippen LogP contribution in [0, 0.1) is 6.92 Å². The number of aryl methyl sites for hydroxylation is 2. The third-order valence-corrected chi connectivity index (χ3v) is 3.03. The number of hydrogen-bond acceptors (Lipinski definition) is 1. The first kappa shape index (κ1) is 10.7. The molecule has 0 atom stereocenters. The van der Waals surface area contributed by atoms with Crippen molar-refractivity contribution in [1.82, 2.24) is 0 Å². The van der Waals surface area contributed by atoms with E-state index in [0.717, 1.165) is 19.4 Å². The molecule has 2 N–H and O–H groups in total. The molecule has 1 rings (SSSR count). The summed E-state index contributed by atoms with van der Waals surface area (Å²) in [5.41, 5.74) is 8.16. The van der Waals surface area contributed by atoms with Crippen LogP contribution < -0.4 is 5.73 Å². The fourth-order valence-corrected chi connectivity index (χ4v) is 1.58. The summed E-state index contributed by atoms with van der Waals surface area (Å²) in [5.74, 6) is 0. The molecule has 0 amide bonds. The van der Waals surface area contributed by atoms with Gasteiger partial charge < -0.3 is 5.73 Å². The summed E-state index contributed by atoms with van der Waals surface area (Å²) in [6.45, 7) is 2.92. The SMILES string of the molecule is Cc1cc(CCCCN)ccc1Br. The Morgan fingerprint density at radius 2 is 2.08 bits per heavy atom. The van der Waals surface area contributed by atoms with Crippen LogP contribution in [-0.2, 0) is 6.42 Å². The first-order valence-corrected chi connectivity index (χ1v) is 5.48. The van der Waals surface area contributed by atoms with Crippen molar-refractivity contribution < 1.29 is 0 Å². The lowest BCUT2D eigenvalue weighted by Crippen LogP contribution is -1.99. The van der Waals surface area contributed by atoms with Crippen LogP contribution in [0.3, 0.4) is 0 Å². The summed E-state index contributed by atoms with van der Waals surface area (Å²) < 4.78 is 1.19. The third kappa shape index (κ3) is 3.49. The van der Waals surface area contributed by atoms with Crippen LogP contribution in [0.2, 0.25) is 0 Å². The second-order valence-electron chi connectivity index (χ2n) is 3.33. The molecule has 0 fully saturated rings. The van der Waals surface area contributed by atoms with Crippen LogP contribution in [-0.4, -0.2) is 6.54 Å². The van der Waals surface area contributed by atoms with Gasteiger partial charge in [0.2, 0.25) is 0 Å². The molecule has 0 bridgehead atoms. The summed E-state index contributed by atoms with van der Waals surface area (Å²) in [6.07, 6.45) is 3.46. The minimum absolute atomic E-state index is 0.801. The highest BCUT2D eigenvalue weighted by Gasteiger charge is 1.96. The Bertz CT molecular complexity index is 271. The molecule has 0 aromatic heterocycles. The van der Waals surface area contributed by atoms with E-state index in [1.807, 2.05) is 0 Å². The maximum Gasteiger partial charge on any atom is 0.0204 e. The van der Waals surface area contributed by atoms with Crippen molar-refractivity contribution in [2.24, 2.45) is 5.73 Å². The van der Waals surface area contributed by atoms with E-state index in [1.54, 1.807) is 0 Å². The first-order chi connectivity index (χ1) is 6.24. The van der Waals surface area contributed by atoms with Crippen molar-refractivity contribution in [2.45, 2.75) is 26.2 Å². The molecular formula is C11H16BrN. The molecule has 1 nitrogen and oxygen atoms in total.